The number of nitrogens with two attached hydrogens (primary N) is 1. The fourth-order valence-corrected chi connectivity index (χ4v) is 3.18. The molecular weight excluding hydrogens is 250 g/mol. The number of hydrogen-bond acceptors (Lipinski definition) is 6. The monoisotopic (exact) mass is 263 g/mol. The fraction of sp³-hybridized carbons (Fsp3) is 0.625. The molecule has 2 heterocycles. The lowest BCUT2D eigenvalue weighted by Crippen LogP contribution is -2.35. The number of hydrogen-bond donors (Lipinski definition) is 2. The summed E-state index contributed by atoms with van der Waals surface area (Å²) in [6, 6.07) is 0. The van der Waals surface area contributed by atoms with Crippen LogP contribution in [0.15, 0.2) is 10.4 Å². The van der Waals surface area contributed by atoms with Gasteiger partial charge in [-0.2, -0.15) is 0 Å². The van der Waals surface area contributed by atoms with Crippen LogP contribution < -0.4 is 10.0 Å². The first-order valence-corrected chi connectivity index (χ1v) is 7.25. The maximum atomic E-state index is 11.1. The van der Waals surface area contributed by atoms with Crippen molar-refractivity contribution in [3.8, 4) is 0 Å². The van der Waals surface area contributed by atoms with E-state index in [4.69, 9.17) is 5.14 Å². The van der Waals surface area contributed by atoms with E-state index in [1.54, 1.807) is 0 Å². The van der Waals surface area contributed by atoms with Gasteiger partial charge in [0, 0.05) is 13.1 Å². The van der Waals surface area contributed by atoms with Crippen molar-refractivity contribution in [2.75, 3.05) is 18.0 Å². The largest absolute Gasteiger partial charge is 0.393 e. The maximum absolute atomic E-state index is 11.1. The summed E-state index contributed by atoms with van der Waals surface area (Å²) in [5.74, 6) is 0. The average molecular weight is 263 g/mol. The van der Waals surface area contributed by atoms with E-state index in [9.17, 15) is 13.5 Å². The summed E-state index contributed by atoms with van der Waals surface area (Å²) in [6.07, 6.45) is 2.39. The van der Waals surface area contributed by atoms with Crippen LogP contribution in [0.5, 0.6) is 0 Å². The van der Waals surface area contributed by atoms with Gasteiger partial charge in [-0.25, -0.2) is 18.5 Å². The minimum atomic E-state index is -3.65. The molecule has 0 unspecified atom stereocenters. The van der Waals surface area contributed by atoms with Crippen molar-refractivity contribution in [1.29, 1.82) is 0 Å². The summed E-state index contributed by atoms with van der Waals surface area (Å²) in [7, 11) is -3.65. The second-order valence-corrected chi connectivity index (χ2v) is 6.52. The molecule has 0 aromatic carbocycles. The molecule has 0 radical (unpaired) electrons. The molecular formula is C8H13N3O3S2. The third-order valence-corrected chi connectivity index (χ3v) is 4.95. The zero-order valence-electron chi connectivity index (χ0n) is 8.54. The number of aliphatic hydroxyl groups excluding tert-OH is 1. The van der Waals surface area contributed by atoms with Crippen LogP contribution >= 0.6 is 11.3 Å². The zero-order valence-corrected chi connectivity index (χ0v) is 10.2. The predicted molar refractivity (Wildman–Crippen MR) is 60.9 cm³/mol. The van der Waals surface area contributed by atoms with Crippen LogP contribution in [-0.4, -0.2) is 37.7 Å². The molecule has 1 saturated heterocycles. The van der Waals surface area contributed by atoms with Crippen LogP contribution in [0, 0.1) is 0 Å². The van der Waals surface area contributed by atoms with Gasteiger partial charge in [-0.15, -0.1) is 0 Å². The van der Waals surface area contributed by atoms with E-state index in [0.717, 1.165) is 11.3 Å². The van der Waals surface area contributed by atoms with Gasteiger partial charge in [0.05, 0.1) is 12.3 Å². The normalized spacial score (nSPS) is 19.0. The van der Waals surface area contributed by atoms with Crippen molar-refractivity contribution in [2.45, 2.75) is 23.2 Å². The van der Waals surface area contributed by atoms with Gasteiger partial charge in [0.25, 0.3) is 0 Å². The molecule has 0 aliphatic carbocycles. The summed E-state index contributed by atoms with van der Waals surface area (Å²) < 4.78 is 22.2. The Labute approximate surface area is 97.8 Å². The number of sulfonamides is 1. The van der Waals surface area contributed by atoms with Crippen molar-refractivity contribution < 1.29 is 13.5 Å². The van der Waals surface area contributed by atoms with Crippen molar-refractivity contribution in [2.24, 2.45) is 5.14 Å². The Bertz CT molecular complexity index is 463. The van der Waals surface area contributed by atoms with Crippen LogP contribution in [0.25, 0.3) is 0 Å². The molecule has 0 saturated carbocycles. The van der Waals surface area contributed by atoms with Gasteiger partial charge in [-0.05, 0) is 12.8 Å². The molecule has 0 amide bonds. The van der Waals surface area contributed by atoms with Gasteiger partial charge in [0.15, 0.2) is 9.34 Å². The first-order valence-electron chi connectivity index (χ1n) is 4.88. The van der Waals surface area contributed by atoms with E-state index in [2.05, 4.69) is 4.98 Å². The SMILES string of the molecule is NS(=O)(=O)c1cnc(N2CCC(O)CC2)s1. The molecule has 16 heavy (non-hydrogen) atoms. The van der Waals surface area contributed by atoms with E-state index < -0.39 is 10.0 Å². The molecule has 6 nitrogen and oxygen atoms in total. The van der Waals surface area contributed by atoms with Gasteiger partial charge >= 0.3 is 0 Å². The van der Waals surface area contributed by atoms with E-state index in [-0.39, 0.29) is 10.3 Å². The van der Waals surface area contributed by atoms with Gasteiger partial charge in [-0.3, -0.25) is 0 Å². The second-order valence-electron chi connectivity index (χ2n) is 3.73. The number of nitrogens with zero attached hydrogens (tertiary/aromatic N) is 2. The molecule has 0 spiro atoms. The van der Waals surface area contributed by atoms with Crippen molar-refractivity contribution >= 4 is 26.5 Å². The summed E-state index contributed by atoms with van der Waals surface area (Å²) in [5, 5.41) is 15.0. The zero-order chi connectivity index (χ0) is 11.8. The Kier molecular flexibility index (Phi) is 3.15. The summed E-state index contributed by atoms with van der Waals surface area (Å²) in [5.41, 5.74) is 0. The second kappa shape index (κ2) is 4.28. The molecule has 8 heteroatoms. The highest BCUT2D eigenvalue weighted by molar-refractivity contribution is 7.91. The number of rotatable bonds is 2. The van der Waals surface area contributed by atoms with Gasteiger partial charge < -0.3 is 10.0 Å². The van der Waals surface area contributed by atoms with Gasteiger partial charge in [-0.1, -0.05) is 11.3 Å². The molecule has 2 rings (SSSR count). The average Bonchev–Trinajstić information content (AvgIpc) is 2.67. The Morgan fingerprint density at radius 3 is 2.62 bits per heavy atom. The minimum Gasteiger partial charge on any atom is -0.393 e. The van der Waals surface area contributed by atoms with Crippen LogP contribution in [0.3, 0.4) is 0 Å². The first kappa shape index (κ1) is 11.8. The molecule has 90 valence electrons. The first-order chi connectivity index (χ1) is 7.47. The smallest absolute Gasteiger partial charge is 0.249 e. The highest BCUT2D eigenvalue weighted by atomic mass is 32.2. The molecule has 1 fully saturated rings. The number of thiazole rings is 1. The Balaban J connectivity index is 2.14. The number of aliphatic hydroxyl groups is 1. The third-order valence-electron chi connectivity index (χ3n) is 2.49. The minimum absolute atomic E-state index is 0.0774. The lowest BCUT2D eigenvalue weighted by Gasteiger charge is -2.28. The molecule has 0 bridgehead atoms. The molecule has 3 N–H and O–H groups in total. The highest BCUT2D eigenvalue weighted by Crippen LogP contribution is 2.27. The van der Waals surface area contributed by atoms with Crippen LogP contribution in [-0.2, 0) is 10.0 Å². The van der Waals surface area contributed by atoms with Crippen molar-refractivity contribution in [3.05, 3.63) is 6.20 Å². The predicted octanol–water partition coefficient (Wildman–Crippen LogP) is -0.248. The molecule has 1 aromatic rings. The molecule has 1 aliphatic heterocycles. The summed E-state index contributed by atoms with van der Waals surface area (Å²) in [4.78, 5) is 6.00. The summed E-state index contributed by atoms with van der Waals surface area (Å²) >= 11 is 1.07. The van der Waals surface area contributed by atoms with E-state index >= 15 is 0 Å². The van der Waals surface area contributed by atoms with Crippen LogP contribution in [0.2, 0.25) is 0 Å². The van der Waals surface area contributed by atoms with Gasteiger partial charge in [0.1, 0.15) is 0 Å². The summed E-state index contributed by atoms with van der Waals surface area (Å²) in [6.45, 7) is 1.39. The van der Waals surface area contributed by atoms with E-state index in [0.29, 0.717) is 31.1 Å². The Morgan fingerprint density at radius 1 is 1.50 bits per heavy atom. The standard InChI is InChI=1S/C8H13N3O3S2/c9-16(13,14)7-5-10-8(15-7)11-3-1-6(12)2-4-11/h5-6,12H,1-4H2,(H2,9,13,14). The van der Waals surface area contributed by atoms with Crippen LogP contribution in [0.1, 0.15) is 12.8 Å². The van der Waals surface area contributed by atoms with Gasteiger partial charge in [0.2, 0.25) is 10.0 Å². The Hall–Kier alpha value is -0.700. The molecule has 1 aliphatic rings. The van der Waals surface area contributed by atoms with E-state index in [1.165, 1.54) is 6.20 Å². The highest BCUT2D eigenvalue weighted by Gasteiger charge is 2.21. The van der Waals surface area contributed by atoms with Crippen LogP contribution in [0.4, 0.5) is 5.13 Å². The number of aromatic nitrogens is 1. The number of primary sulfonamides is 1. The van der Waals surface area contributed by atoms with E-state index in [1.807, 2.05) is 4.90 Å². The molecule has 1 aromatic heterocycles. The number of piperidine rings is 1. The topological polar surface area (TPSA) is 96.5 Å². The lowest BCUT2D eigenvalue weighted by atomic mass is 10.1. The fourth-order valence-electron chi connectivity index (χ4n) is 1.59. The lowest BCUT2D eigenvalue weighted by molar-refractivity contribution is 0.145. The molecule has 0 atom stereocenters. The Morgan fingerprint density at radius 2 is 2.12 bits per heavy atom. The quantitative estimate of drug-likeness (QED) is 0.767. The van der Waals surface area contributed by atoms with Crippen molar-refractivity contribution in [3.63, 3.8) is 0 Å². The van der Waals surface area contributed by atoms with Crippen molar-refractivity contribution in [1.82, 2.24) is 4.98 Å². The number of anilines is 1. The third kappa shape index (κ3) is 2.51. The maximum Gasteiger partial charge on any atom is 0.249 e.